The molecule has 0 bridgehead atoms. The van der Waals surface area contributed by atoms with Crippen LogP contribution in [-0.4, -0.2) is 46.3 Å². The number of anilines is 1. The maximum absolute atomic E-state index is 13.1. The fourth-order valence-corrected chi connectivity index (χ4v) is 6.25. The van der Waals surface area contributed by atoms with Gasteiger partial charge in [-0.1, -0.05) is 66.7 Å². The standard InChI is InChI=1S/C32H33N3O7S2/c1-43(37,38)42-31-14-8-13-27-25(20-34-32(27)31)17-18-33-21-29(36)24-15-16-30(41-22-23-9-4-2-5-10-23)28(19-24)35-44(39,40)26-11-6-3-7-12-26/h2-16,19-20,29,33-36H,17-18,21-22H2,1H3/t29-/m0/s1. The number of H-pyrrole nitrogens is 1. The molecule has 4 aromatic carbocycles. The van der Waals surface area contributed by atoms with E-state index in [1.807, 2.05) is 36.4 Å². The maximum atomic E-state index is 13.1. The molecule has 0 radical (unpaired) electrons. The molecular weight excluding hydrogens is 603 g/mol. The third kappa shape index (κ3) is 7.97. The Morgan fingerprint density at radius 2 is 1.59 bits per heavy atom. The number of benzene rings is 4. The fourth-order valence-electron chi connectivity index (χ4n) is 4.70. The Morgan fingerprint density at radius 1 is 0.864 bits per heavy atom. The summed E-state index contributed by atoms with van der Waals surface area (Å²) in [6, 6.07) is 27.7. The van der Waals surface area contributed by atoms with E-state index in [9.17, 15) is 21.9 Å². The van der Waals surface area contributed by atoms with Crippen LogP contribution < -0.4 is 19.0 Å². The Balaban J connectivity index is 1.26. The van der Waals surface area contributed by atoms with E-state index in [0.717, 1.165) is 22.8 Å². The van der Waals surface area contributed by atoms with Crippen LogP contribution in [0.3, 0.4) is 0 Å². The molecule has 0 fully saturated rings. The van der Waals surface area contributed by atoms with E-state index in [0.29, 0.717) is 29.8 Å². The highest BCUT2D eigenvalue weighted by atomic mass is 32.2. The number of sulfonamides is 1. The smallest absolute Gasteiger partial charge is 0.306 e. The van der Waals surface area contributed by atoms with Crippen LogP contribution in [0.1, 0.15) is 22.8 Å². The second kappa shape index (κ2) is 13.5. The van der Waals surface area contributed by atoms with Crippen molar-refractivity contribution in [2.24, 2.45) is 0 Å². The molecule has 0 saturated carbocycles. The van der Waals surface area contributed by atoms with Gasteiger partial charge in [-0.3, -0.25) is 4.72 Å². The van der Waals surface area contributed by atoms with Crippen LogP contribution >= 0.6 is 0 Å². The summed E-state index contributed by atoms with van der Waals surface area (Å²) in [5, 5.41) is 15.0. The number of aliphatic hydroxyl groups is 1. The molecule has 0 saturated heterocycles. The lowest BCUT2D eigenvalue weighted by Gasteiger charge is -2.18. The Bertz CT molecular complexity index is 1930. The molecule has 230 valence electrons. The monoisotopic (exact) mass is 635 g/mol. The van der Waals surface area contributed by atoms with Gasteiger partial charge in [0.1, 0.15) is 12.4 Å². The second-order valence-electron chi connectivity index (χ2n) is 10.2. The molecule has 0 spiro atoms. The van der Waals surface area contributed by atoms with E-state index in [-0.39, 0.29) is 29.5 Å². The van der Waals surface area contributed by atoms with E-state index in [4.69, 9.17) is 8.92 Å². The van der Waals surface area contributed by atoms with Crippen molar-refractivity contribution >= 4 is 36.7 Å². The highest BCUT2D eigenvalue weighted by Crippen LogP contribution is 2.32. The average Bonchev–Trinajstić information content (AvgIpc) is 3.42. The Labute approximate surface area is 256 Å². The van der Waals surface area contributed by atoms with Crippen molar-refractivity contribution in [1.82, 2.24) is 10.3 Å². The summed E-state index contributed by atoms with van der Waals surface area (Å²) < 4.78 is 63.1. The van der Waals surface area contributed by atoms with Gasteiger partial charge in [0, 0.05) is 18.1 Å². The minimum Gasteiger partial charge on any atom is -0.487 e. The Kier molecular flexibility index (Phi) is 9.55. The number of hydrogen-bond acceptors (Lipinski definition) is 8. The normalized spacial score (nSPS) is 12.6. The van der Waals surface area contributed by atoms with Crippen molar-refractivity contribution < 1.29 is 30.9 Å². The molecular formula is C32H33N3O7S2. The quantitative estimate of drug-likeness (QED) is 0.101. The van der Waals surface area contributed by atoms with Gasteiger partial charge in [-0.15, -0.1) is 0 Å². The van der Waals surface area contributed by atoms with Gasteiger partial charge >= 0.3 is 10.1 Å². The lowest BCUT2D eigenvalue weighted by molar-refractivity contribution is 0.175. The predicted octanol–water partition coefficient (Wildman–Crippen LogP) is 4.75. The van der Waals surface area contributed by atoms with Crippen LogP contribution in [0.15, 0.2) is 108 Å². The number of aliphatic hydroxyl groups excluding tert-OH is 1. The number of fused-ring (bicyclic) bond motifs is 1. The molecule has 0 aliphatic heterocycles. The summed E-state index contributed by atoms with van der Waals surface area (Å²) in [6.45, 7) is 0.965. The minimum absolute atomic E-state index is 0.105. The van der Waals surface area contributed by atoms with Crippen LogP contribution in [-0.2, 0) is 33.2 Å². The summed E-state index contributed by atoms with van der Waals surface area (Å²) in [6.07, 6.45) is 2.47. The first kappa shape index (κ1) is 31.1. The molecule has 1 atom stereocenters. The first-order valence-electron chi connectivity index (χ1n) is 13.8. The van der Waals surface area contributed by atoms with Gasteiger partial charge < -0.3 is 24.3 Å². The van der Waals surface area contributed by atoms with Gasteiger partial charge in [0.25, 0.3) is 10.0 Å². The van der Waals surface area contributed by atoms with Crippen LogP contribution in [0, 0.1) is 0 Å². The third-order valence-corrected chi connectivity index (χ3v) is 8.70. The van der Waals surface area contributed by atoms with Gasteiger partial charge in [-0.05, 0) is 60.0 Å². The van der Waals surface area contributed by atoms with E-state index >= 15 is 0 Å². The zero-order valence-corrected chi connectivity index (χ0v) is 25.6. The minimum atomic E-state index is -3.91. The Hall–Kier alpha value is -4.36. The lowest BCUT2D eigenvalue weighted by atomic mass is 10.1. The molecule has 0 aliphatic carbocycles. The van der Waals surface area contributed by atoms with Crippen molar-refractivity contribution in [3.63, 3.8) is 0 Å². The van der Waals surface area contributed by atoms with E-state index in [2.05, 4.69) is 15.0 Å². The average molecular weight is 636 g/mol. The molecule has 1 aromatic heterocycles. The molecule has 0 unspecified atom stereocenters. The van der Waals surface area contributed by atoms with Crippen molar-refractivity contribution in [3.05, 3.63) is 120 Å². The van der Waals surface area contributed by atoms with E-state index in [1.54, 1.807) is 54.7 Å². The number of ether oxygens (including phenoxy) is 1. The number of hydrogen-bond donors (Lipinski definition) is 4. The third-order valence-electron chi connectivity index (χ3n) is 6.84. The summed E-state index contributed by atoms with van der Waals surface area (Å²) >= 11 is 0. The number of aromatic nitrogens is 1. The van der Waals surface area contributed by atoms with E-state index in [1.165, 1.54) is 12.1 Å². The Morgan fingerprint density at radius 3 is 2.32 bits per heavy atom. The van der Waals surface area contributed by atoms with Crippen LogP contribution in [0.4, 0.5) is 5.69 Å². The van der Waals surface area contributed by atoms with Crippen LogP contribution in [0.25, 0.3) is 10.9 Å². The zero-order valence-electron chi connectivity index (χ0n) is 23.9. The number of aromatic amines is 1. The zero-order chi connectivity index (χ0) is 31.2. The van der Waals surface area contributed by atoms with Gasteiger partial charge in [0.2, 0.25) is 0 Å². The summed E-state index contributed by atoms with van der Waals surface area (Å²) in [5.74, 6) is 0.561. The second-order valence-corrected chi connectivity index (χ2v) is 13.5. The molecule has 5 rings (SSSR count). The first-order chi connectivity index (χ1) is 21.1. The number of para-hydroxylation sites is 1. The molecule has 10 nitrogen and oxygen atoms in total. The van der Waals surface area contributed by atoms with Crippen molar-refractivity contribution in [2.45, 2.75) is 24.0 Å². The molecule has 1 heterocycles. The topological polar surface area (TPSA) is 147 Å². The van der Waals surface area contributed by atoms with Gasteiger partial charge in [-0.2, -0.15) is 8.42 Å². The molecule has 5 aromatic rings. The molecule has 12 heteroatoms. The van der Waals surface area contributed by atoms with E-state index < -0.39 is 26.2 Å². The maximum Gasteiger partial charge on any atom is 0.306 e. The van der Waals surface area contributed by atoms with Crippen molar-refractivity contribution in [3.8, 4) is 11.5 Å². The number of nitrogens with one attached hydrogen (secondary N) is 3. The predicted molar refractivity (Wildman–Crippen MR) is 170 cm³/mol. The van der Waals surface area contributed by atoms with Gasteiger partial charge in [0.05, 0.1) is 28.5 Å². The lowest BCUT2D eigenvalue weighted by Crippen LogP contribution is -2.24. The van der Waals surface area contributed by atoms with Crippen LogP contribution in [0.5, 0.6) is 11.5 Å². The van der Waals surface area contributed by atoms with Crippen molar-refractivity contribution in [1.29, 1.82) is 0 Å². The SMILES string of the molecule is CS(=O)(=O)Oc1cccc2c(CCNC[C@H](O)c3ccc(OCc4ccccc4)c(NS(=O)(=O)c4ccccc4)c3)c[nH]c12. The highest BCUT2D eigenvalue weighted by Gasteiger charge is 2.19. The van der Waals surface area contributed by atoms with Gasteiger partial charge in [-0.25, -0.2) is 8.42 Å². The fraction of sp³-hybridized carbons (Fsp3) is 0.188. The first-order valence-corrected chi connectivity index (χ1v) is 17.1. The highest BCUT2D eigenvalue weighted by molar-refractivity contribution is 7.92. The molecule has 4 N–H and O–H groups in total. The van der Waals surface area contributed by atoms with Crippen molar-refractivity contribution in [2.75, 3.05) is 24.1 Å². The number of rotatable bonds is 14. The summed E-state index contributed by atoms with van der Waals surface area (Å²) in [5.41, 5.74) is 3.19. The molecule has 0 aliphatic rings. The summed E-state index contributed by atoms with van der Waals surface area (Å²) in [4.78, 5) is 3.19. The van der Waals surface area contributed by atoms with Crippen LogP contribution in [0.2, 0.25) is 0 Å². The molecule has 44 heavy (non-hydrogen) atoms. The summed E-state index contributed by atoms with van der Waals surface area (Å²) in [7, 11) is -7.58. The largest absolute Gasteiger partial charge is 0.487 e. The molecule has 0 amide bonds. The van der Waals surface area contributed by atoms with Gasteiger partial charge in [0.15, 0.2) is 5.75 Å².